The minimum absolute atomic E-state index is 0.442. The van der Waals surface area contributed by atoms with Crippen LogP contribution in [0.2, 0.25) is 0 Å². The third-order valence-corrected chi connectivity index (χ3v) is 3.00. The molecule has 2 aromatic heterocycles. The predicted molar refractivity (Wildman–Crippen MR) is 65.4 cm³/mol. The Balaban J connectivity index is 1.90. The second kappa shape index (κ2) is 5.70. The third-order valence-electron chi connectivity index (χ3n) is 2.02. The molecule has 0 aliphatic rings. The lowest BCUT2D eigenvalue weighted by atomic mass is 10.4. The van der Waals surface area contributed by atoms with Gasteiger partial charge >= 0.3 is 0 Å². The van der Waals surface area contributed by atoms with Gasteiger partial charge in [0.25, 0.3) is 0 Å². The van der Waals surface area contributed by atoms with Gasteiger partial charge in [0.15, 0.2) is 5.76 Å². The van der Waals surface area contributed by atoms with Gasteiger partial charge in [-0.2, -0.15) is 0 Å². The molecule has 0 aliphatic carbocycles. The highest BCUT2D eigenvalue weighted by Crippen LogP contribution is 2.21. The molecule has 0 aliphatic heterocycles. The largest absolute Gasteiger partial charge is 0.397 e. The standard InChI is InChI=1S/C11H13N3O2S/c1-15-6-10-4-9(14-16-10)7-17-11-3-2-8(12)5-13-11/h2-5H,6-7,12H2,1H3. The van der Waals surface area contributed by atoms with Crippen molar-refractivity contribution in [1.82, 2.24) is 10.1 Å². The molecule has 0 atom stereocenters. The molecule has 0 amide bonds. The fourth-order valence-electron chi connectivity index (χ4n) is 1.26. The summed E-state index contributed by atoms with van der Waals surface area (Å²) in [7, 11) is 1.62. The lowest BCUT2D eigenvalue weighted by Gasteiger charge is -1.97. The summed E-state index contributed by atoms with van der Waals surface area (Å²) >= 11 is 1.58. The van der Waals surface area contributed by atoms with Crippen LogP contribution in [0, 0.1) is 0 Å². The molecule has 0 radical (unpaired) electrons. The summed E-state index contributed by atoms with van der Waals surface area (Å²) in [6.45, 7) is 0.442. The van der Waals surface area contributed by atoms with E-state index >= 15 is 0 Å². The summed E-state index contributed by atoms with van der Waals surface area (Å²) in [5.74, 6) is 1.44. The Bertz CT molecular complexity index is 470. The van der Waals surface area contributed by atoms with Gasteiger partial charge < -0.3 is 15.0 Å². The van der Waals surface area contributed by atoms with Crippen molar-refractivity contribution in [2.45, 2.75) is 17.4 Å². The van der Waals surface area contributed by atoms with E-state index in [2.05, 4.69) is 10.1 Å². The van der Waals surface area contributed by atoms with Crippen molar-refractivity contribution in [2.75, 3.05) is 12.8 Å². The highest BCUT2D eigenvalue weighted by atomic mass is 32.2. The van der Waals surface area contributed by atoms with Crippen LogP contribution < -0.4 is 5.73 Å². The Labute approximate surface area is 103 Å². The van der Waals surface area contributed by atoms with Gasteiger partial charge in [0.05, 0.1) is 22.6 Å². The zero-order valence-electron chi connectivity index (χ0n) is 9.42. The van der Waals surface area contributed by atoms with Crippen LogP contribution >= 0.6 is 11.8 Å². The number of nitrogens with zero attached hydrogens (tertiary/aromatic N) is 2. The molecular weight excluding hydrogens is 238 g/mol. The SMILES string of the molecule is COCc1cc(CSc2ccc(N)cn2)no1. The molecule has 2 rings (SSSR count). The van der Waals surface area contributed by atoms with E-state index < -0.39 is 0 Å². The van der Waals surface area contributed by atoms with Crippen molar-refractivity contribution in [2.24, 2.45) is 0 Å². The van der Waals surface area contributed by atoms with E-state index in [1.54, 1.807) is 25.1 Å². The highest BCUT2D eigenvalue weighted by Gasteiger charge is 2.04. The lowest BCUT2D eigenvalue weighted by Crippen LogP contribution is -1.87. The molecule has 0 bridgehead atoms. The van der Waals surface area contributed by atoms with Gasteiger partial charge in [-0.05, 0) is 12.1 Å². The Hall–Kier alpha value is -1.53. The van der Waals surface area contributed by atoms with Gasteiger partial charge in [0, 0.05) is 18.9 Å². The van der Waals surface area contributed by atoms with Crippen molar-refractivity contribution in [1.29, 1.82) is 0 Å². The van der Waals surface area contributed by atoms with Gasteiger partial charge in [-0.15, -0.1) is 0 Å². The second-order valence-electron chi connectivity index (χ2n) is 3.44. The molecule has 2 heterocycles. The Morgan fingerprint density at radius 2 is 2.35 bits per heavy atom. The minimum atomic E-state index is 0.442. The molecule has 6 heteroatoms. The number of anilines is 1. The minimum Gasteiger partial charge on any atom is -0.397 e. The molecule has 0 unspecified atom stereocenters. The van der Waals surface area contributed by atoms with Crippen LogP contribution in [0.1, 0.15) is 11.5 Å². The first-order chi connectivity index (χ1) is 8.28. The average molecular weight is 251 g/mol. The fraction of sp³-hybridized carbons (Fsp3) is 0.273. The van der Waals surface area contributed by atoms with Crippen LogP contribution in [0.3, 0.4) is 0 Å². The molecule has 5 nitrogen and oxygen atoms in total. The van der Waals surface area contributed by atoms with Crippen LogP contribution in [0.25, 0.3) is 0 Å². The first-order valence-corrected chi connectivity index (χ1v) is 6.04. The number of thioether (sulfide) groups is 1. The predicted octanol–water partition coefficient (Wildman–Crippen LogP) is 2.09. The van der Waals surface area contributed by atoms with Crippen molar-refractivity contribution >= 4 is 17.4 Å². The molecule has 2 aromatic rings. The number of methoxy groups -OCH3 is 1. The molecule has 90 valence electrons. The molecule has 2 N–H and O–H groups in total. The van der Waals surface area contributed by atoms with Crippen molar-refractivity contribution in [3.8, 4) is 0 Å². The molecule has 0 aromatic carbocycles. The van der Waals surface area contributed by atoms with Gasteiger partial charge in [-0.3, -0.25) is 0 Å². The maximum atomic E-state index is 5.56. The first kappa shape index (κ1) is 11.9. The molecule has 17 heavy (non-hydrogen) atoms. The van der Waals surface area contributed by atoms with Crippen molar-refractivity contribution in [3.63, 3.8) is 0 Å². The molecule has 0 saturated heterocycles. The number of hydrogen-bond donors (Lipinski definition) is 1. The summed E-state index contributed by atoms with van der Waals surface area (Å²) in [6.07, 6.45) is 1.64. The molecular formula is C11H13N3O2S. The second-order valence-corrected chi connectivity index (χ2v) is 4.43. The fourth-order valence-corrected chi connectivity index (χ4v) is 1.98. The Kier molecular flexibility index (Phi) is 4.00. The third kappa shape index (κ3) is 3.47. The average Bonchev–Trinajstić information content (AvgIpc) is 2.77. The zero-order chi connectivity index (χ0) is 12.1. The van der Waals surface area contributed by atoms with E-state index in [0.717, 1.165) is 16.5 Å². The number of ether oxygens (including phenoxy) is 1. The highest BCUT2D eigenvalue weighted by molar-refractivity contribution is 7.98. The van der Waals surface area contributed by atoms with Crippen LogP contribution in [-0.4, -0.2) is 17.3 Å². The van der Waals surface area contributed by atoms with Crippen molar-refractivity contribution < 1.29 is 9.26 Å². The summed E-state index contributed by atoms with van der Waals surface area (Å²) in [6, 6.07) is 5.60. The van der Waals surface area contributed by atoms with E-state index in [1.807, 2.05) is 18.2 Å². The zero-order valence-corrected chi connectivity index (χ0v) is 10.2. The van der Waals surface area contributed by atoms with Gasteiger partial charge in [-0.25, -0.2) is 4.98 Å². The van der Waals surface area contributed by atoms with Crippen LogP contribution in [0.15, 0.2) is 33.9 Å². The number of hydrogen-bond acceptors (Lipinski definition) is 6. The molecule has 0 saturated carbocycles. The van der Waals surface area contributed by atoms with E-state index in [9.17, 15) is 0 Å². The maximum absolute atomic E-state index is 5.56. The summed E-state index contributed by atoms with van der Waals surface area (Å²) in [5.41, 5.74) is 7.10. The quantitative estimate of drug-likeness (QED) is 0.820. The smallest absolute Gasteiger partial charge is 0.162 e. The number of nitrogens with two attached hydrogens (primary N) is 1. The summed E-state index contributed by atoms with van der Waals surface area (Å²) in [4.78, 5) is 4.19. The van der Waals surface area contributed by atoms with E-state index in [-0.39, 0.29) is 0 Å². The van der Waals surface area contributed by atoms with Crippen LogP contribution in [-0.2, 0) is 17.1 Å². The Morgan fingerprint density at radius 3 is 3.06 bits per heavy atom. The first-order valence-electron chi connectivity index (χ1n) is 5.05. The van der Waals surface area contributed by atoms with E-state index in [4.69, 9.17) is 15.0 Å². The normalized spacial score (nSPS) is 10.6. The summed E-state index contributed by atoms with van der Waals surface area (Å²) in [5, 5.41) is 4.85. The number of rotatable bonds is 5. The van der Waals surface area contributed by atoms with Crippen LogP contribution in [0.4, 0.5) is 5.69 Å². The topological polar surface area (TPSA) is 74.2 Å². The maximum Gasteiger partial charge on any atom is 0.162 e. The van der Waals surface area contributed by atoms with Gasteiger partial charge in [0.2, 0.25) is 0 Å². The lowest BCUT2D eigenvalue weighted by molar-refractivity contribution is 0.156. The number of nitrogen functional groups attached to an aromatic ring is 1. The molecule has 0 fully saturated rings. The van der Waals surface area contributed by atoms with Gasteiger partial charge in [-0.1, -0.05) is 16.9 Å². The Morgan fingerprint density at radius 1 is 1.47 bits per heavy atom. The summed E-state index contributed by atoms with van der Waals surface area (Å²) < 4.78 is 10.0. The molecule has 0 spiro atoms. The number of pyridine rings is 1. The van der Waals surface area contributed by atoms with Crippen molar-refractivity contribution in [3.05, 3.63) is 35.9 Å². The van der Waals surface area contributed by atoms with Crippen LogP contribution in [0.5, 0.6) is 0 Å². The van der Waals surface area contributed by atoms with E-state index in [1.165, 1.54) is 0 Å². The number of aromatic nitrogens is 2. The van der Waals surface area contributed by atoms with Gasteiger partial charge in [0.1, 0.15) is 6.61 Å². The van der Waals surface area contributed by atoms with E-state index in [0.29, 0.717) is 18.0 Å². The monoisotopic (exact) mass is 251 g/mol.